The molecular formula is C19H22N10O4. The normalized spacial score (nSPS) is 14.9. The molecule has 0 spiro atoms. The van der Waals surface area contributed by atoms with Crippen molar-refractivity contribution in [2.24, 2.45) is 5.10 Å². The number of nitrogens with two attached hydrogens (primary N) is 1. The van der Waals surface area contributed by atoms with E-state index in [2.05, 4.69) is 40.7 Å². The number of carbonyl (C=O) groups is 1. The third-order valence-corrected chi connectivity index (χ3v) is 5.32. The quantitative estimate of drug-likeness (QED) is 0.299. The Hall–Kier alpha value is -4.20. The lowest BCUT2D eigenvalue weighted by atomic mass is 10.1. The summed E-state index contributed by atoms with van der Waals surface area (Å²) in [6.45, 7) is 3.86. The van der Waals surface area contributed by atoms with Gasteiger partial charge in [-0.25, -0.2) is 10.1 Å². The molecule has 0 bridgehead atoms. The van der Waals surface area contributed by atoms with Crippen LogP contribution >= 0.6 is 0 Å². The minimum absolute atomic E-state index is 0.0267. The topological polar surface area (TPSA) is 183 Å². The number of aromatic nitrogens is 5. The summed E-state index contributed by atoms with van der Waals surface area (Å²) < 4.78 is 6.02. The summed E-state index contributed by atoms with van der Waals surface area (Å²) in [5.74, 6) is -0.387. The van der Waals surface area contributed by atoms with Crippen LogP contribution in [0, 0.1) is 10.1 Å². The van der Waals surface area contributed by atoms with Crippen molar-refractivity contribution < 1.29 is 14.3 Å². The lowest BCUT2D eigenvalue weighted by molar-refractivity contribution is -0.384. The smallest absolute Gasteiger partial charge is 0.293 e. The van der Waals surface area contributed by atoms with Gasteiger partial charge in [-0.2, -0.15) is 9.78 Å². The van der Waals surface area contributed by atoms with E-state index in [0.717, 1.165) is 32.4 Å². The molecule has 33 heavy (non-hydrogen) atoms. The van der Waals surface area contributed by atoms with Gasteiger partial charge < -0.3 is 5.73 Å². The van der Waals surface area contributed by atoms with Gasteiger partial charge in [-0.3, -0.25) is 19.8 Å². The maximum absolute atomic E-state index is 12.9. The fraction of sp³-hybridized carbons (Fsp3) is 0.368. The van der Waals surface area contributed by atoms with Crippen LogP contribution in [-0.4, -0.2) is 59.8 Å². The van der Waals surface area contributed by atoms with E-state index in [-0.39, 0.29) is 23.0 Å². The highest BCUT2D eigenvalue weighted by Gasteiger charge is 2.26. The van der Waals surface area contributed by atoms with Gasteiger partial charge in [0.25, 0.3) is 11.6 Å². The molecule has 1 fully saturated rings. The predicted octanol–water partition coefficient (Wildman–Crippen LogP) is 1.28. The number of anilines is 1. The molecule has 1 aliphatic rings. The minimum Gasteiger partial charge on any atom is -0.378 e. The molecule has 1 amide bonds. The van der Waals surface area contributed by atoms with E-state index in [1.807, 2.05) is 0 Å². The number of carbonyl (C=O) groups excluding carboxylic acids is 1. The summed E-state index contributed by atoms with van der Waals surface area (Å²) in [6, 6.07) is 5.85. The van der Waals surface area contributed by atoms with Crippen molar-refractivity contribution in [1.82, 2.24) is 35.6 Å². The van der Waals surface area contributed by atoms with Crippen LogP contribution in [0.3, 0.4) is 0 Å². The fourth-order valence-corrected chi connectivity index (χ4v) is 3.53. The van der Waals surface area contributed by atoms with Gasteiger partial charge in [0.1, 0.15) is 0 Å². The Morgan fingerprint density at radius 1 is 1.24 bits per heavy atom. The SMILES string of the molecule is C/C(=N/NC(=O)c1nnn(-c2nonc2N)c1CN1CCCCC1)c1ccc([N+](=O)[O-])cc1. The number of hydrazone groups is 1. The van der Waals surface area contributed by atoms with Crippen molar-refractivity contribution in [1.29, 1.82) is 0 Å². The molecule has 3 heterocycles. The lowest BCUT2D eigenvalue weighted by Gasteiger charge is -2.26. The number of nitrogens with zero attached hydrogens (tertiary/aromatic N) is 8. The summed E-state index contributed by atoms with van der Waals surface area (Å²) in [7, 11) is 0. The molecule has 4 rings (SSSR count). The zero-order valence-corrected chi connectivity index (χ0v) is 17.8. The third-order valence-electron chi connectivity index (χ3n) is 5.32. The summed E-state index contributed by atoms with van der Waals surface area (Å²) >= 11 is 0. The number of piperidine rings is 1. The van der Waals surface area contributed by atoms with Crippen molar-refractivity contribution in [2.45, 2.75) is 32.7 Å². The highest BCUT2D eigenvalue weighted by Crippen LogP contribution is 2.20. The molecule has 0 aliphatic carbocycles. The maximum atomic E-state index is 12.9. The summed E-state index contributed by atoms with van der Waals surface area (Å²) in [6.07, 6.45) is 3.29. The molecule has 3 aromatic rings. The molecule has 1 aliphatic heterocycles. The van der Waals surface area contributed by atoms with Gasteiger partial charge >= 0.3 is 0 Å². The minimum atomic E-state index is -0.565. The van der Waals surface area contributed by atoms with Gasteiger partial charge in [0.15, 0.2) is 5.69 Å². The standard InChI is InChI=1S/C19H22N10O4/c1-12(13-5-7-14(8-6-13)29(31)32)21-23-19(30)16-15(11-27-9-3-2-4-10-27)28(26-22-16)18-17(20)24-33-25-18/h5-8H,2-4,9-11H2,1H3,(H2,20,24)(H,23,30)/b21-12-. The van der Waals surface area contributed by atoms with Crippen LogP contribution in [-0.2, 0) is 6.54 Å². The Kier molecular flexibility index (Phi) is 6.35. The third kappa shape index (κ3) is 4.85. The monoisotopic (exact) mass is 454 g/mol. The van der Waals surface area contributed by atoms with Crippen molar-refractivity contribution >= 4 is 23.1 Å². The predicted molar refractivity (Wildman–Crippen MR) is 116 cm³/mol. The summed E-state index contributed by atoms with van der Waals surface area (Å²) in [5.41, 5.74) is 9.91. The Morgan fingerprint density at radius 2 is 1.97 bits per heavy atom. The molecule has 0 radical (unpaired) electrons. The number of hydrogen-bond acceptors (Lipinski definition) is 11. The van der Waals surface area contributed by atoms with E-state index < -0.39 is 10.8 Å². The molecule has 3 N–H and O–H groups in total. The molecule has 14 heteroatoms. The second kappa shape index (κ2) is 9.52. The van der Waals surface area contributed by atoms with Crippen LogP contribution in [0.1, 0.15) is 47.9 Å². The van der Waals surface area contributed by atoms with Crippen LogP contribution in [0.25, 0.3) is 5.82 Å². The van der Waals surface area contributed by atoms with Gasteiger partial charge in [0, 0.05) is 18.7 Å². The molecule has 2 aromatic heterocycles. The molecule has 172 valence electrons. The number of non-ortho nitro benzene ring substituents is 1. The largest absolute Gasteiger partial charge is 0.378 e. The molecule has 0 saturated carbocycles. The van der Waals surface area contributed by atoms with Gasteiger partial charge in [-0.1, -0.05) is 11.6 Å². The Morgan fingerprint density at radius 3 is 2.61 bits per heavy atom. The van der Waals surface area contributed by atoms with E-state index in [9.17, 15) is 14.9 Å². The highest BCUT2D eigenvalue weighted by atomic mass is 16.6. The first-order valence-corrected chi connectivity index (χ1v) is 10.3. The number of nitro benzene ring substituents is 1. The first-order chi connectivity index (χ1) is 15.9. The second-order valence-corrected chi connectivity index (χ2v) is 7.55. The van der Waals surface area contributed by atoms with Gasteiger partial charge in [-0.05, 0) is 60.9 Å². The lowest BCUT2D eigenvalue weighted by Crippen LogP contribution is -2.31. The number of hydrogen-bond donors (Lipinski definition) is 2. The van der Waals surface area contributed by atoms with Crippen LogP contribution < -0.4 is 11.2 Å². The number of likely N-dealkylation sites (tertiary alicyclic amines) is 1. The van der Waals surface area contributed by atoms with E-state index >= 15 is 0 Å². The molecule has 14 nitrogen and oxygen atoms in total. The maximum Gasteiger partial charge on any atom is 0.293 e. The molecule has 0 atom stereocenters. The zero-order chi connectivity index (χ0) is 23.4. The van der Waals surface area contributed by atoms with Crippen molar-refractivity contribution in [3.05, 3.63) is 51.3 Å². The van der Waals surface area contributed by atoms with Crippen molar-refractivity contribution in [3.8, 4) is 5.82 Å². The first-order valence-electron chi connectivity index (χ1n) is 10.3. The van der Waals surface area contributed by atoms with Crippen LogP contribution in [0.2, 0.25) is 0 Å². The second-order valence-electron chi connectivity index (χ2n) is 7.55. The number of amides is 1. The number of nitro groups is 1. The Bertz CT molecular complexity index is 1180. The first kappa shape index (κ1) is 22.0. The van der Waals surface area contributed by atoms with Gasteiger partial charge in [-0.15, -0.1) is 5.10 Å². The number of benzene rings is 1. The van der Waals surface area contributed by atoms with Crippen LogP contribution in [0.4, 0.5) is 11.5 Å². The molecule has 0 unspecified atom stereocenters. The zero-order valence-electron chi connectivity index (χ0n) is 17.8. The van der Waals surface area contributed by atoms with Crippen LogP contribution in [0.15, 0.2) is 34.0 Å². The van der Waals surface area contributed by atoms with E-state index in [0.29, 0.717) is 23.5 Å². The highest BCUT2D eigenvalue weighted by molar-refractivity contribution is 6.00. The number of rotatable bonds is 7. The molecule has 1 saturated heterocycles. The van der Waals surface area contributed by atoms with Gasteiger partial charge in [0.2, 0.25) is 11.6 Å². The van der Waals surface area contributed by atoms with E-state index in [4.69, 9.17) is 5.73 Å². The van der Waals surface area contributed by atoms with Gasteiger partial charge in [0.05, 0.1) is 16.3 Å². The average Bonchev–Trinajstić information content (AvgIpc) is 3.43. The molecular weight excluding hydrogens is 432 g/mol. The molecule has 1 aromatic carbocycles. The number of nitrogens with one attached hydrogen (secondary N) is 1. The fourth-order valence-electron chi connectivity index (χ4n) is 3.53. The van der Waals surface area contributed by atoms with Crippen molar-refractivity contribution in [2.75, 3.05) is 18.8 Å². The van der Waals surface area contributed by atoms with Crippen LogP contribution in [0.5, 0.6) is 0 Å². The summed E-state index contributed by atoms with van der Waals surface area (Å²) in [4.78, 5) is 25.5. The summed E-state index contributed by atoms with van der Waals surface area (Å²) in [5, 5.41) is 30.3. The Balaban J connectivity index is 1.57. The van der Waals surface area contributed by atoms with E-state index in [1.54, 1.807) is 19.1 Å². The van der Waals surface area contributed by atoms with E-state index in [1.165, 1.54) is 16.8 Å². The average molecular weight is 454 g/mol. The Labute approximate surface area is 187 Å². The van der Waals surface area contributed by atoms with Crippen molar-refractivity contribution in [3.63, 3.8) is 0 Å². The number of nitrogen functional groups attached to an aromatic ring is 1.